The third kappa shape index (κ3) is 2.50. The van der Waals surface area contributed by atoms with E-state index in [1.54, 1.807) is 0 Å². The van der Waals surface area contributed by atoms with Gasteiger partial charge >= 0.3 is 0 Å². The third-order valence-electron chi connectivity index (χ3n) is 5.15. The second kappa shape index (κ2) is 6.59. The number of halogens is 1. The summed E-state index contributed by atoms with van der Waals surface area (Å²) in [6.45, 7) is -0.516. The van der Waals surface area contributed by atoms with Gasteiger partial charge in [-0.3, -0.25) is 4.57 Å². The molecule has 0 radical (unpaired) electrons. The highest BCUT2D eigenvalue weighted by molar-refractivity contribution is 6.01. The molecule has 1 fully saturated rings. The fourth-order valence-corrected chi connectivity index (χ4v) is 3.75. The van der Waals surface area contributed by atoms with Gasteiger partial charge in [-0.2, -0.15) is 0 Å². The number of hydrogen-bond acceptors (Lipinski definition) is 6. The highest BCUT2D eigenvalue weighted by Gasteiger charge is 2.45. The van der Waals surface area contributed by atoms with Gasteiger partial charge in [-0.15, -0.1) is 0 Å². The van der Waals surface area contributed by atoms with Crippen molar-refractivity contribution in [1.82, 2.24) is 19.5 Å². The molecule has 1 aliphatic rings. The first-order valence-corrected chi connectivity index (χ1v) is 8.93. The molecular weight excluding hydrogens is 363 g/mol. The van der Waals surface area contributed by atoms with Gasteiger partial charge in [-0.25, -0.2) is 19.3 Å². The number of rotatable bonds is 3. The predicted octanol–water partition coefficient (Wildman–Crippen LogP) is 2.24. The summed E-state index contributed by atoms with van der Waals surface area (Å²) in [6, 6.07) is 13.9. The molecule has 0 spiro atoms. The van der Waals surface area contributed by atoms with Crippen LogP contribution in [0.4, 0.5) is 4.39 Å². The Morgan fingerprint density at radius 2 is 1.89 bits per heavy atom. The molecule has 142 valence electrons. The summed E-state index contributed by atoms with van der Waals surface area (Å²) in [5, 5.41) is 21.6. The fraction of sp³-hybridized carbons (Fsp3) is 0.250. The molecule has 1 saturated heterocycles. The van der Waals surface area contributed by atoms with E-state index in [0.29, 0.717) is 16.9 Å². The molecule has 8 heteroatoms. The molecule has 1 aliphatic heterocycles. The number of aliphatic hydroxyl groups is 2. The van der Waals surface area contributed by atoms with Gasteiger partial charge in [-0.1, -0.05) is 42.5 Å². The van der Waals surface area contributed by atoms with Crippen LogP contribution in [0, 0.1) is 0 Å². The van der Waals surface area contributed by atoms with Gasteiger partial charge < -0.3 is 14.9 Å². The number of imidazole rings is 1. The lowest BCUT2D eigenvalue weighted by atomic mass is 10.0. The number of aliphatic hydroxyl groups excluding tert-OH is 2. The zero-order chi connectivity index (χ0) is 19.3. The maximum absolute atomic E-state index is 14.1. The van der Waals surface area contributed by atoms with E-state index in [1.807, 2.05) is 42.5 Å². The summed E-state index contributed by atoms with van der Waals surface area (Å²) in [5.41, 5.74) is 2.49. The topological polar surface area (TPSA) is 93.3 Å². The summed E-state index contributed by atoms with van der Waals surface area (Å²) >= 11 is 0. The average Bonchev–Trinajstić information content (AvgIpc) is 3.29. The molecule has 2 aromatic heterocycles. The number of fused-ring (bicyclic) bond motifs is 2. The number of aromatic nitrogens is 4. The normalized spacial score (nSPS) is 25.0. The number of benzene rings is 2. The SMILES string of the molecule is OC[C@H]1O[C@@H](n2cnc3c(-c4cccc5ccccc45)ncnc32)[C@H](O)[C@@H]1F. The Morgan fingerprint density at radius 3 is 2.71 bits per heavy atom. The zero-order valence-electron chi connectivity index (χ0n) is 14.7. The van der Waals surface area contributed by atoms with Crippen LogP contribution < -0.4 is 0 Å². The molecule has 4 aromatic rings. The van der Waals surface area contributed by atoms with E-state index in [1.165, 1.54) is 17.2 Å². The van der Waals surface area contributed by atoms with Gasteiger partial charge in [0, 0.05) is 5.56 Å². The van der Waals surface area contributed by atoms with Crippen molar-refractivity contribution in [3.05, 3.63) is 55.1 Å². The molecule has 0 bridgehead atoms. The molecule has 5 rings (SSSR count). The van der Waals surface area contributed by atoms with Crippen LogP contribution in [0.15, 0.2) is 55.1 Å². The Labute approximate surface area is 159 Å². The summed E-state index contributed by atoms with van der Waals surface area (Å²) in [6.07, 6.45) is -2.36. The first-order valence-electron chi connectivity index (χ1n) is 8.93. The summed E-state index contributed by atoms with van der Waals surface area (Å²) in [4.78, 5) is 13.1. The van der Waals surface area contributed by atoms with Crippen molar-refractivity contribution in [2.45, 2.75) is 24.6 Å². The molecule has 0 unspecified atom stereocenters. The lowest BCUT2D eigenvalue weighted by Gasteiger charge is -2.16. The van der Waals surface area contributed by atoms with Crippen LogP contribution in [0.5, 0.6) is 0 Å². The van der Waals surface area contributed by atoms with Crippen molar-refractivity contribution < 1.29 is 19.3 Å². The number of nitrogens with zero attached hydrogens (tertiary/aromatic N) is 4. The Kier molecular flexibility index (Phi) is 4.04. The van der Waals surface area contributed by atoms with Crippen LogP contribution in [0.3, 0.4) is 0 Å². The third-order valence-corrected chi connectivity index (χ3v) is 5.15. The largest absolute Gasteiger partial charge is 0.394 e. The number of alkyl halides is 1. The first kappa shape index (κ1) is 17.2. The molecular formula is C20H17FN4O3. The minimum atomic E-state index is -1.69. The molecule has 0 amide bonds. The first-order chi connectivity index (χ1) is 13.7. The zero-order valence-corrected chi connectivity index (χ0v) is 14.7. The summed E-state index contributed by atoms with van der Waals surface area (Å²) in [5.74, 6) is 0. The molecule has 2 N–H and O–H groups in total. The van der Waals surface area contributed by atoms with E-state index in [9.17, 15) is 14.6 Å². The fourth-order valence-electron chi connectivity index (χ4n) is 3.75. The maximum Gasteiger partial charge on any atom is 0.166 e. The second-order valence-electron chi connectivity index (χ2n) is 6.76. The van der Waals surface area contributed by atoms with Crippen molar-refractivity contribution in [3.8, 4) is 11.3 Å². The van der Waals surface area contributed by atoms with E-state index >= 15 is 0 Å². The average molecular weight is 380 g/mol. The maximum atomic E-state index is 14.1. The molecule has 0 saturated carbocycles. The minimum absolute atomic E-state index is 0.424. The minimum Gasteiger partial charge on any atom is -0.394 e. The predicted molar refractivity (Wildman–Crippen MR) is 100 cm³/mol. The molecule has 7 nitrogen and oxygen atoms in total. The van der Waals surface area contributed by atoms with Crippen molar-refractivity contribution in [2.75, 3.05) is 6.61 Å². The van der Waals surface area contributed by atoms with Gasteiger partial charge in [0.05, 0.1) is 12.9 Å². The Bertz CT molecular complexity index is 1160. The number of ether oxygens (including phenoxy) is 1. The van der Waals surface area contributed by atoms with Crippen LogP contribution in [0.1, 0.15) is 6.23 Å². The standard InChI is InChI=1S/C20H17FN4O3/c21-15-14(8-26)28-20(18(15)27)25-10-24-17-16(22-9-23-19(17)25)13-7-3-5-11-4-1-2-6-12(11)13/h1-7,9-10,14-15,18,20,26-27H,8H2/t14-,15-,18-,20-/m1/s1. The van der Waals surface area contributed by atoms with Crippen molar-refractivity contribution in [2.24, 2.45) is 0 Å². The van der Waals surface area contributed by atoms with E-state index in [4.69, 9.17) is 4.74 Å². The smallest absolute Gasteiger partial charge is 0.166 e. The molecule has 3 heterocycles. The Morgan fingerprint density at radius 1 is 1.07 bits per heavy atom. The van der Waals surface area contributed by atoms with Crippen molar-refractivity contribution >= 4 is 21.9 Å². The molecule has 0 aliphatic carbocycles. The molecule has 28 heavy (non-hydrogen) atoms. The summed E-state index contributed by atoms with van der Waals surface area (Å²) in [7, 11) is 0. The molecule has 2 aromatic carbocycles. The van der Waals surface area contributed by atoms with Gasteiger partial charge in [-0.05, 0) is 10.8 Å². The van der Waals surface area contributed by atoms with E-state index in [-0.39, 0.29) is 0 Å². The van der Waals surface area contributed by atoms with Crippen LogP contribution in [-0.4, -0.2) is 54.7 Å². The summed E-state index contributed by atoms with van der Waals surface area (Å²) < 4.78 is 21.1. The highest BCUT2D eigenvalue weighted by atomic mass is 19.1. The van der Waals surface area contributed by atoms with Crippen LogP contribution in [0.25, 0.3) is 33.2 Å². The van der Waals surface area contributed by atoms with Gasteiger partial charge in [0.1, 0.15) is 29.7 Å². The van der Waals surface area contributed by atoms with Gasteiger partial charge in [0.25, 0.3) is 0 Å². The van der Waals surface area contributed by atoms with Gasteiger partial charge in [0.2, 0.25) is 0 Å². The van der Waals surface area contributed by atoms with E-state index < -0.39 is 31.2 Å². The second-order valence-corrected chi connectivity index (χ2v) is 6.76. The van der Waals surface area contributed by atoms with Gasteiger partial charge in [0.15, 0.2) is 18.0 Å². The molecule has 4 atom stereocenters. The van der Waals surface area contributed by atoms with Crippen LogP contribution in [-0.2, 0) is 4.74 Å². The lowest BCUT2D eigenvalue weighted by Crippen LogP contribution is -2.29. The number of hydrogen-bond donors (Lipinski definition) is 2. The highest BCUT2D eigenvalue weighted by Crippen LogP contribution is 2.35. The van der Waals surface area contributed by atoms with Crippen molar-refractivity contribution in [1.29, 1.82) is 0 Å². The van der Waals surface area contributed by atoms with E-state index in [0.717, 1.165) is 16.3 Å². The Hall–Kier alpha value is -2.94. The van der Waals surface area contributed by atoms with E-state index in [2.05, 4.69) is 15.0 Å². The van der Waals surface area contributed by atoms with Crippen LogP contribution in [0.2, 0.25) is 0 Å². The Balaban J connectivity index is 1.66. The monoisotopic (exact) mass is 380 g/mol. The van der Waals surface area contributed by atoms with Crippen LogP contribution >= 0.6 is 0 Å². The van der Waals surface area contributed by atoms with Crippen molar-refractivity contribution in [3.63, 3.8) is 0 Å². The quantitative estimate of drug-likeness (QED) is 0.566. The lowest BCUT2D eigenvalue weighted by molar-refractivity contribution is -0.0495.